The fourth-order valence-corrected chi connectivity index (χ4v) is 3.00. The van der Waals surface area contributed by atoms with Gasteiger partial charge in [-0.2, -0.15) is 0 Å². The molecule has 1 unspecified atom stereocenters. The maximum Gasteiger partial charge on any atom is 0.137 e. The van der Waals surface area contributed by atoms with E-state index in [2.05, 4.69) is 31.9 Å². The Bertz CT molecular complexity index is 570. The van der Waals surface area contributed by atoms with Crippen molar-refractivity contribution in [1.29, 1.82) is 0 Å². The van der Waals surface area contributed by atoms with E-state index in [9.17, 15) is 8.78 Å². The third-order valence-corrected chi connectivity index (χ3v) is 4.36. The van der Waals surface area contributed by atoms with E-state index in [-0.39, 0.29) is 17.6 Å². The van der Waals surface area contributed by atoms with Gasteiger partial charge in [-0.3, -0.25) is 0 Å². The van der Waals surface area contributed by atoms with Crippen LogP contribution in [0.4, 0.5) is 8.78 Å². The maximum absolute atomic E-state index is 13.2. The van der Waals surface area contributed by atoms with Crippen molar-refractivity contribution in [1.82, 2.24) is 0 Å². The highest BCUT2D eigenvalue weighted by Crippen LogP contribution is 2.26. The first-order chi connectivity index (χ1) is 9.10. The predicted molar refractivity (Wildman–Crippen MR) is 80.7 cm³/mol. The molecule has 0 aliphatic rings. The summed E-state index contributed by atoms with van der Waals surface area (Å²) in [7, 11) is 0. The molecular formula is C15H12Br2F2. The SMILES string of the molecule is Fc1cccc(C(CBr)Cc2ccc(F)c(Br)c2)c1. The van der Waals surface area contributed by atoms with Crippen LogP contribution in [0.15, 0.2) is 46.9 Å². The van der Waals surface area contributed by atoms with E-state index >= 15 is 0 Å². The molecule has 4 heteroatoms. The zero-order chi connectivity index (χ0) is 13.8. The Kier molecular flexibility index (Phi) is 5.11. The van der Waals surface area contributed by atoms with Crippen molar-refractivity contribution in [2.24, 2.45) is 0 Å². The van der Waals surface area contributed by atoms with E-state index in [1.54, 1.807) is 24.3 Å². The summed E-state index contributed by atoms with van der Waals surface area (Å²) in [5.74, 6) is -0.346. The Morgan fingerprint density at radius 1 is 1.05 bits per heavy atom. The van der Waals surface area contributed by atoms with Crippen LogP contribution in [0.3, 0.4) is 0 Å². The van der Waals surface area contributed by atoms with Gasteiger partial charge in [-0.15, -0.1) is 0 Å². The smallest absolute Gasteiger partial charge is 0.137 e. The minimum Gasteiger partial charge on any atom is -0.207 e. The van der Waals surface area contributed by atoms with Crippen LogP contribution in [-0.2, 0) is 6.42 Å². The summed E-state index contributed by atoms with van der Waals surface area (Å²) in [5.41, 5.74) is 1.96. The first-order valence-electron chi connectivity index (χ1n) is 5.85. The largest absolute Gasteiger partial charge is 0.207 e. The molecule has 0 aliphatic heterocycles. The summed E-state index contributed by atoms with van der Waals surface area (Å²) in [6.07, 6.45) is 0.730. The van der Waals surface area contributed by atoms with Crippen molar-refractivity contribution < 1.29 is 8.78 Å². The molecule has 0 N–H and O–H groups in total. The molecule has 1 atom stereocenters. The lowest BCUT2D eigenvalue weighted by Crippen LogP contribution is -2.05. The monoisotopic (exact) mass is 388 g/mol. The highest BCUT2D eigenvalue weighted by atomic mass is 79.9. The van der Waals surface area contributed by atoms with E-state index in [4.69, 9.17) is 0 Å². The maximum atomic E-state index is 13.2. The summed E-state index contributed by atoms with van der Waals surface area (Å²) < 4.78 is 26.9. The number of hydrogen-bond acceptors (Lipinski definition) is 0. The third kappa shape index (κ3) is 3.86. The molecule has 0 heterocycles. The molecule has 0 amide bonds. The number of rotatable bonds is 4. The van der Waals surface area contributed by atoms with Gasteiger partial charge in [0.1, 0.15) is 11.6 Å². The van der Waals surface area contributed by atoms with Crippen molar-refractivity contribution in [2.75, 3.05) is 5.33 Å². The molecule has 0 saturated heterocycles. The number of halogens is 4. The van der Waals surface area contributed by atoms with Crippen LogP contribution in [0.25, 0.3) is 0 Å². The van der Waals surface area contributed by atoms with Crippen molar-refractivity contribution >= 4 is 31.9 Å². The van der Waals surface area contributed by atoms with Crippen molar-refractivity contribution in [3.8, 4) is 0 Å². The third-order valence-electron chi connectivity index (χ3n) is 2.97. The van der Waals surface area contributed by atoms with Crippen LogP contribution in [0.1, 0.15) is 17.0 Å². The lowest BCUT2D eigenvalue weighted by Gasteiger charge is -2.15. The normalized spacial score (nSPS) is 12.4. The summed E-state index contributed by atoms with van der Waals surface area (Å²) >= 11 is 6.64. The van der Waals surface area contributed by atoms with E-state index in [0.717, 1.165) is 22.9 Å². The Hall–Kier alpha value is -0.740. The van der Waals surface area contributed by atoms with Crippen LogP contribution in [-0.4, -0.2) is 5.33 Å². The number of hydrogen-bond donors (Lipinski definition) is 0. The molecule has 0 aliphatic carbocycles. The second kappa shape index (κ2) is 6.62. The Morgan fingerprint density at radius 2 is 1.84 bits per heavy atom. The summed E-state index contributed by atoms with van der Waals surface area (Å²) in [5, 5.41) is 0.728. The van der Waals surface area contributed by atoms with Gasteiger partial charge in [-0.25, -0.2) is 8.78 Å². The molecule has 0 radical (unpaired) electrons. The molecule has 0 fully saturated rings. The molecule has 19 heavy (non-hydrogen) atoms. The fraction of sp³-hybridized carbons (Fsp3) is 0.200. The molecule has 100 valence electrons. The first-order valence-corrected chi connectivity index (χ1v) is 7.77. The van der Waals surface area contributed by atoms with Crippen molar-refractivity contribution in [3.05, 3.63) is 69.7 Å². The van der Waals surface area contributed by atoms with Crippen LogP contribution < -0.4 is 0 Å². The molecule has 0 saturated carbocycles. The van der Waals surface area contributed by atoms with E-state index in [1.165, 1.54) is 12.1 Å². The molecule has 0 spiro atoms. The molecule has 0 aromatic heterocycles. The highest BCUT2D eigenvalue weighted by Gasteiger charge is 2.12. The quantitative estimate of drug-likeness (QED) is 0.610. The molecule has 0 bridgehead atoms. The van der Waals surface area contributed by atoms with E-state index in [0.29, 0.717) is 4.47 Å². The summed E-state index contributed by atoms with van der Waals surface area (Å²) in [6.45, 7) is 0. The van der Waals surface area contributed by atoms with Gasteiger partial charge < -0.3 is 0 Å². The Balaban J connectivity index is 2.21. The molecule has 2 rings (SSSR count). The second-order valence-electron chi connectivity index (χ2n) is 4.36. The van der Waals surface area contributed by atoms with Gasteiger partial charge >= 0.3 is 0 Å². The minimum absolute atomic E-state index is 0.160. The van der Waals surface area contributed by atoms with Crippen LogP contribution >= 0.6 is 31.9 Å². The second-order valence-corrected chi connectivity index (χ2v) is 5.86. The minimum atomic E-state index is -0.273. The molecule has 0 nitrogen and oxygen atoms in total. The Morgan fingerprint density at radius 3 is 2.47 bits per heavy atom. The van der Waals surface area contributed by atoms with Crippen LogP contribution in [0.5, 0.6) is 0 Å². The van der Waals surface area contributed by atoms with Gasteiger partial charge in [0, 0.05) is 5.33 Å². The topological polar surface area (TPSA) is 0 Å². The number of alkyl halides is 1. The van der Waals surface area contributed by atoms with Gasteiger partial charge in [-0.05, 0) is 63.7 Å². The van der Waals surface area contributed by atoms with Gasteiger partial charge in [0.2, 0.25) is 0 Å². The van der Waals surface area contributed by atoms with Crippen LogP contribution in [0, 0.1) is 11.6 Å². The zero-order valence-electron chi connectivity index (χ0n) is 10.0. The predicted octanol–water partition coefficient (Wildman–Crippen LogP) is 5.45. The van der Waals surface area contributed by atoms with Gasteiger partial charge in [0.25, 0.3) is 0 Å². The zero-order valence-corrected chi connectivity index (χ0v) is 13.2. The van der Waals surface area contributed by atoms with E-state index in [1.807, 2.05) is 6.07 Å². The van der Waals surface area contributed by atoms with E-state index < -0.39 is 0 Å². The molecule has 2 aromatic rings. The number of benzene rings is 2. The van der Waals surface area contributed by atoms with Gasteiger partial charge in [-0.1, -0.05) is 34.1 Å². The van der Waals surface area contributed by atoms with Crippen molar-refractivity contribution in [3.63, 3.8) is 0 Å². The van der Waals surface area contributed by atoms with Crippen LogP contribution in [0.2, 0.25) is 0 Å². The average Bonchev–Trinajstić information content (AvgIpc) is 2.40. The summed E-state index contributed by atoms with van der Waals surface area (Å²) in [6, 6.07) is 11.6. The first kappa shape index (κ1) is 14.7. The molecule has 2 aromatic carbocycles. The average molecular weight is 390 g/mol. The standard InChI is InChI=1S/C15H12Br2F2/c16-9-12(11-2-1-3-13(18)8-11)6-10-4-5-15(19)14(17)7-10/h1-5,7-8,12H,6,9H2. The van der Waals surface area contributed by atoms with Gasteiger partial charge in [0.15, 0.2) is 0 Å². The van der Waals surface area contributed by atoms with Crippen molar-refractivity contribution in [2.45, 2.75) is 12.3 Å². The lowest BCUT2D eigenvalue weighted by atomic mass is 9.94. The Labute approximate surface area is 128 Å². The fourth-order valence-electron chi connectivity index (χ4n) is 1.97. The summed E-state index contributed by atoms with van der Waals surface area (Å²) in [4.78, 5) is 0. The molecular weight excluding hydrogens is 378 g/mol. The van der Waals surface area contributed by atoms with Gasteiger partial charge in [0.05, 0.1) is 4.47 Å². The lowest BCUT2D eigenvalue weighted by molar-refractivity contribution is 0.618. The highest BCUT2D eigenvalue weighted by molar-refractivity contribution is 9.10.